The van der Waals surface area contributed by atoms with Crippen LogP contribution in [0.25, 0.3) is 11.1 Å². The van der Waals surface area contributed by atoms with E-state index < -0.39 is 0 Å². The number of hydrogen-bond donors (Lipinski definition) is 2. The highest BCUT2D eigenvalue weighted by atomic mass is 32.1. The zero-order valence-corrected chi connectivity index (χ0v) is 12.0. The molecule has 0 amide bonds. The summed E-state index contributed by atoms with van der Waals surface area (Å²) in [5, 5.41) is 0. The highest BCUT2D eigenvalue weighted by Gasteiger charge is 2.11. The van der Waals surface area contributed by atoms with Crippen LogP contribution in [0.3, 0.4) is 0 Å². The molecule has 2 rings (SSSR count). The Labute approximate surface area is 118 Å². The summed E-state index contributed by atoms with van der Waals surface area (Å²) in [5.74, 6) is 1.56. The normalized spacial score (nSPS) is 10.2. The van der Waals surface area contributed by atoms with Crippen LogP contribution in [0.1, 0.15) is 0 Å². The summed E-state index contributed by atoms with van der Waals surface area (Å²) in [7, 11) is 3.29. The summed E-state index contributed by atoms with van der Waals surface area (Å²) in [4.78, 5) is 1.75. The highest BCUT2D eigenvalue weighted by molar-refractivity contribution is 7.80. The van der Waals surface area contributed by atoms with Crippen LogP contribution in [0.15, 0.2) is 46.2 Å². The molecule has 0 radical (unpaired) electrons. The van der Waals surface area contributed by atoms with Crippen molar-refractivity contribution >= 4 is 25.3 Å². The van der Waals surface area contributed by atoms with Crippen LogP contribution in [0.5, 0.6) is 11.5 Å². The molecule has 0 aliphatic heterocycles. The largest absolute Gasteiger partial charge is 0.496 e. The van der Waals surface area contributed by atoms with Crippen LogP contribution in [-0.2, 0) is 0 Å². The van der Waals surface area contributed by atoms with Crippen molar-refractivity contribution in [3.63, 3.8) is 0 Å². The fraction of sp³-hybridized carbons (Fsp3) is 0.143. The fourth-order valence-electron chi connectivity index (χ4n) is 1.81. The van der Waals surface area contributed by atoms with E-state index in [1.54, 1.807) is 14.2 Å². The van der Waals surface area contributed by atoms with Gasteiger partial charge in [-0.3, -0.25) is 0 Å². The molecule has 2 nitrogen and oxygen atoms in total. The number of methoxy groups -OCH3 is 2. The third kappa shape index (κ3) is 2.60. The van der Waals surface area contributed by atoms with Crippen molar-refractivity contribution in [1.29, 1.82) is 0 Å². The van der Waals surface area contributed by atoms with Crippen molar-refractivity contribution in [1.82, 2.24) is 0 Å². The van der Waals surface area contributed by atoms with Crippen LogP contribution >= 0.6 is 25.3 Å². The Hall–Kier alpha value is -1.26. The first-order chi connectivity index (χ1) is 8.65. The van der Waals surface area contributed by atoms with E-state index in [9.17, 15) is 0 Å². The molecule has 2 aromatic rings. The third-order valence-electron chi connectivity index (χ3n) is 2.66. The van der Waals surface area contributed by atoms with Crippen molar-refractivity contribution in [3.05, 3.63) is 36.4 Å². The first kappa shape index (κ1) is 13.2. The standard InChI is InChI=1S/C14H14O2S2/c1-15-13-5-3-9(17)7-11(13)12-8-10(18)4-6-14(12)16-2/h3-8,17-18H,1-2H3. The van der Waals surface area contributed by atoms with Crippen LogP contribution in [0, 0.1) is 0 Å². The Bertz CT molecular complexity index is 516. The summed E-state index contributed by atoms with van der Waals surface area (Å²) < 4.78 is 10.8. The van der Waals surface area contributed by atoms with Gasteiger partial charge in [-0.2, -0.15) is 0 Å². The molecular formula is C14H14O2S2. The molecule has 0 aliphatic rings. The molecule has 0 aliphatic carbocycles. The maximum atomic E-state index is 5.38. The minimum absolute atomic E-state index is 0.782. The molecule has 0 fully saturated rings. The second kappa shape index (κ2) is 5.59. The number of benzene rings is 2. The maximum Gasteiger partial charge on any atom is 0.126 e. The van der Waals surface area contributed by atoms with E-state index in [-0.39, 0.29) is 0 Å². The average molecular weight is 278 g/mol. The van der Waals surface area contributed by atoms with Crippen LogP contribution < -0.4 is 9.47 Å². The van der Waals surface area contributed by atoms with E-state index in [0.717, 1.165) is 32.4 Å². The molecule has 0 N–H and O–H groups in total. The zero-order chi connectivity index (χ0) is 13.1. The van der Waals surface area contributed by atoms with Gasteiger partial charge in [0.05, 0.1) is 14.2 Å². The van der Waals surface area contributed by atoms with Gasteiger partial charge in [-0.05, 0) is 36.4 Å². The van der Waals surface area contributed by atoms with E-state index in [1.807, 2.05) is 36.4 Å². The maximum absolute atomic E-state index is 5.38. The number of rotatable bonds is 3. The fourth-order valence-corrected chi connectivity index (χ4v) is 2.22. The van der Waals surface area contributed by atoms with Gasteiger partial charge in [0, 0.05) is 20.9 Å². The predicted molar refractivity (Wildman–Crippen MR) is 79.5 cm³/mol. The lowest BCUT2D eigenvalue weighted by atomic mass is 10.0. The molecule has 0 unspecified atom stereocenters. The van der Waals surface area contributed by atoms with E-state index in [4.69, 9.17) is 9.47 Å². The first-order valence-corrected chi connectivity index (χ1v) is 6.29. The van der Waals surface area contributed by atoms with Crippen LogP contribution in [0.2, 0.25) is 0 Å². The first-order valence-electron chi connectivity index (χ1n) is 5.40. The van der Waals surface area contributed by atoms with E-state index in [0.29, 0.717) is 0 Å². The number of hydrogen-bond acceptors (Lipinski definition) is 4. The van der Waals surface area contributed by atoms with Crippen LogP contribution in [-0.4, -0.2) is 14.2 Å². The van der Waals surface area contributed by atoms with Gasteiger partial charge in [-0.25, -0.2) is 0 Å². The molecule has 2 aromatic carbocycles. The molecule has 0 spiro atoms. The summed E-state index contributed by atoms with van der Waals surface area (Å²) in [6.45, 7) is 0. The van der Waals surface area contributed by atoms with E-state index >= 15 is 0 Å². The molecule has 4 heteroatoms. The van der Waals surface area contributed by atoms with Crippen molar-refractivity contribution in [3.8, 4) is 22.6 Å². The Morgan fingerprint density at radius 3 is 1.44 bits per heavy atom. The summed E-state index contributed by atoms with van der Waals surface area (Å²) in [5.41, 5.74) is 1.88. The summed E-state index contributed by atoms with van der Waals surface area (Å²) >= 11 is 8.73. The average Bonchev–Trinajstić information content (AvgIpc) is 2.38. The molecule has 0 saturated heterocycles. The monoisotopic (exact) mass is 278 g/mol. The van der Waals surface area contributed by atoms with Gasteiger partial charge in [0.2, 0.25) is 0 Å². The Balaban J connectivity index is 2.67. The van der Waals surface area contributed by atoms with Crippen molar-refractivity contribution in [2.45, 2.75) is 9.79 Å². The lowest BCUT2D eigenvalue weighted by Crippen LogP contribution is -1.92. The topological polar surface area (TPSA) is 18.5 Å². The summed E-state index contributed by atoms with van der Waals surface area (Å²) in [6.07, 6.45) is 0. The lowest BCUT2D eigenvalue weighted by Gasteiger charge is -2.13. The molecule has 0 bridgehead atoms. The van der Waals surface area contributed by atoms with Crippen molar-refractivity contribution in [2.75, 3.05) is 14.2 Å². The van der Waals surface area contributed by atoms with Gasteiger partial charge in [-0.15, -0.1) is 25.3 Å². The highest BCUT2D eigenvalue weighted by Crippen LogP contribution is 2.38. The second-order valence-corrected chi connectivity index (χ2v) is 4.80. The van der Waals surface area contributed by atoms with Gasteiger partial charge in [0.1, 0.15) is 11.5 Å². The Morgan fingerprint density at radius 2 is 1.11 bits per heavy atom. The third-order valence-corrected chi connectivity index (χ3v) is 3.21. The SMILES string of the molecule is COc1ccc(S)cc1-c1cc(S)ccc1OC. The van der Waals surface area contributed by atoms with Gasteiger partial charge < -0.3 is 9.47 Å². The molecule has 0 saturated carbocycles. The minimum Gasteiger partial charge on any atom is -0.496 e. The van der Waals surface area contributed by atoms with Crippen molar-refractivity contribution in [2.24, 2.45) is 0 Å². The minimum atomic E-state index is 0.782. The molecule has 0 heterocycles. The Morgan fingerprint density at radius 1 is 0.722 bits per heavy atom. The van der Waals surface area contributed by atoms with Gasteiger partial charge >= 0.3 is 0 Å². The second-order valence-electron chi connectivity index (χ2n) is 3.77. The van der Waals surface area contributed by atoms with E-state index in [2.05, 4.69) is 25.3 Å². The molecule has 0 atom stereocenters. The Kier molecular flexibility index (Phi) is 4.09. The van der Waals surface area contributed by atoms with Crippen LogP contribution in [0.4, 0.5) is 0 Å². The number of thiol groups is 2. The van der Waals surface area contributed by atoms with Gasteiger partial charge in [0.15, 0.2) is 0 Å². The van der Waals surface area contributed by atoms with Gasteiger partial charge in [-0.1, -0.05) is 0 Å². The summed E-state index contributed by atoms with van der Waals surface area (Å²) in [6, 6.07) is 11.5. The lowest BCUT2D eigenvalue weighted by molar-refractivity contribution is 0.410. The quantitative estimate of drug-likeness (QED) is 0.828. The molecular weight excluding hydrogens is 264 g/mol. The predicted octanol–water partition coefficient (Wildman–Crippen LogP) is 3.95. The van der Waals surface area contributed by atoms with Crippen molar-refractivity contribution < 1.29 is 9.47 Å². The zero-order valence-electron chi connectivity index (χ0n) is 10.2. The number of ether oxygens (including phenoxy) is 2. The van der Waals surface area contributed by atoms with Gasteiger partial charge in [0.25, 0.3) is 0 Å². The smallest absolute Gasteiger partial charge is 0.126 e. The molecule has 18 heavy (non-hydrogen) atoms. The molecule has 0 aromatic heterocycles. The van der Waals surface area contributed by atoms with E-state index in [1.165, 1.54) is 0 Å². The molecule has 94 valence electrons.